The van der Waals surface area contributed by atoms with Crippen molar-refractivity contribution in [3.63, 3.8) is 0 Å². The average Bonchev–Trinajstić information content (AvgIpc) is 3.04. The Kier molecular flexibility index (Phi) is 2.89. The number of aromatic nitrogens is 5. The maximum absolute atomic E-state index is 4.53. The number of aromatic amines is 1. The molecule has 0 aliphatic heterocycles. The van der Waals surface area contributed by atoms with Crippen LogP contribution in [-0.4, -0.2) is 25.4 Å². The van der Waals surface area contributed by atoms with Gasteiger partial charge in [-0.3, -0.25) is 9.97 Å². The molecule has 3 heterocycles. The first-order valence-corrected chi connectivity index (χ1v) is 7.01. The third-order valence-corrected chi connectivity index (χ3v) is 3.56. The molecule has 0 unspecified atom stereocenters. The number of benzene rings is 1. The highest BCUT2D eigenvalue weighted by molar-refractivity contribution is 5.86. The van der Waals surface area contributed by atoms with E-state index in [2.05, 4.69) is 31.4 Å². The molecule has 0 radical (unpaired) electrons. The zero-order valence-electron chi connectivity index (χ0n) is 12.0. The van der Waals surface area contributed by atoms with Gasteiger partial charge in [-0.15, -0.1) is 0 Å². The van der Waals surface area contributed by atoms with E-state index in [9.17, 15) is 0 Å². The second kappa shape index (κ2) is 5.04. The van der Waals surface area contributed by atoms with Crippen LogP contribution < -0.4 is 0 Å². The number of rotatable bonds is 2. The van der Waals surface area contributed by atoms with Crippen LogP contribution in [-0.2, 0) is 0 Å². The average molecular weight is 287 g/mol. The quantitative estimate of drug-likeness (QED) is 0.613. The first kappa shape index (κ1) is 12.6. The number of pyridine rings is 2. The van der Waals surface area contributed by atoms with Gasteiger partial charge in [-0.25, -0.2) is 0 Å². The summed E-state index contributed by atoms with van der Waals surface area (Å²) in [4.78, 5) is 8.87. The standard InChI is InChI=1S/C17H13N5/c1-11-4-2-6-15(19-11)17-16(20-22-21-17)13-7-8-14-12(10-13)5-3-9-18-14/h2-10H,1H3,(H,20,21,22). The summed E-state index contributed by atoms with van der Waals surface area (Å²) in [6.45, 7) is 1.96. The second-order valence-electron chi connectivity index (χ2n) is 5.10. The number of nitrogens with one attached hydrogen (secondary N) is 1. The Morgan fingerprint density at radius 3 is 2.73 bits per heavy atom. The Morgan fingerprint density at radius 1 is 0.909 bits per heavy atom. The van der Waals surface area contributed by atoms with Crippen LogP contribution in [0.4, 0.5) is 0 Å². The summed E-state index contributed by atoms with van der Waals surface area (Å²) in [7, 11) is 0. The molecule has 0 aliphatic rings. The first-order valence-electron chi connectivity index (χ1n) is 7.01. The summed E-state index contributed by atoms with van der Waals surface area (Å²) in [5.74, 6) is 0. The summed E-state index contributed by atoms with van der Waals surface area (Å²) in [5, 5.41) is 12.4. The Labute approximate surface area is 127 Å². The van der Waals surface area contributed by atoms with Crippen molar-refractivity contribution in [2.75, 3.05) is 0 Å². The van der Waals surface area contributed by atoms with Gasteiger partial charge < -0.3 is 0 Å². The zero-order valence-corrected chi connectivity index (χ0v) is 12.0. The van der Waals surface area contributed by atoms with Gasteiger partial charge in [-0.2, -0.15) is 15.4 Å². The summed E-state index contributed by atoms with van der Waals surface area (Å²) in [6, 6.07) is 15.9. The molecule has 3 aromatic heterocycles. The molecule has 0 amide bonds. The van der Waals surface area contributed by atoms with Gasteiger partial charge in [0.25, 0.3) is 0 Å². The van der Waals surface area contributed by atoms with Gasteiger partial charge in [0.2, 0.25) is 0 Å². The van der Waals surface area contributed by atoms with E-state index in [1.54, 1.807) is 6.20 Å². The Balaban J connectivity index is 1.87. The maximum atomic E-state index is 4.53. The van der Waals surface area contributed by atoms with Gasteiger partial charge in [0, 0.05) is 22.8 Å². The van der Waals surface area contributed by atoms with E-state index in [1.807, 2.05) is 49.4 Å². The number of aryl methyl sites for hydroxylation is 1. The largest absolute Gasteiger partial charge is 0.256 e. The second-order valence-corrected chi connectivity index (χ2v) is 5.10. The fourth-order valence-electron chi connectivity index (χ4n) is 2.51. The van der Waals surface area contributed by atoms with Crippen molar-refractivity contribution >= 4 is 10.9 Å². The third-order valence-electron chi connectivity index (χ3n) is 3.56. The Bertz CT molecular complexity index is 958. The molecular weight excluding hydrogens is 274 g/mol. The minimum Gasteiger partial charge on any atom is -0.256 e. The van der Waals surface area contributed by atoms with Gasteiger partial charge in [-0.05, 0) is 37.3 Å². The van der Waals surface area contributed by atoms with Gasteiger partial charge in [-0.1, -0.05) is 18.2 Å². The first-order chi connectivity index (χ1) is 10.8. The van der Waals surface area contributed by atoms with Crippen molar-refractivity contribution in [2.24, 2.45) is 0 Å². The minimum atomic E-state index is 0.756. The maximum Gasteiger partial charge on any atom is 0.139 e. The summed E-state index contributed by atoms with van der Waals surface area (Å²) < 4.78 is 0. The molecule has 0 atom stereocenters. The predicted octanol–water partition coefficient (Wildman–Crippen LogP) is 3.39. The van der Waals surface area contributed by atoms with E-state index >= 15 is 0 Å². The molecule has 0 aliphatic carbocycles. The molecule has 0 bridgehead atoms. The normalized spacial score (nSPS) is 11.0. The summed E-state index contributed by atoms with van der Waals surface area (Å²) >= 11 is 0. The molecule has 22 heavy (non-hydrogen) atoms. The Morgan fingerprint density at radius 2 is 1.82 bits per heavy atom. The van der Waals surface area contributed by atoms with E-state index in [1.165, 1.54) is 0 Å². The van der Waals surface area contributed by atoms with Crippen molar-refractivity contribution < 1.29 is 0 Å². The number of fused-ring (bicyclic) bond motifs is 1. The fourth-order valence-corrected chi connectivity index (χ4v) is 2.51. The number of nitrogens with zero attached hydrogens (tertiary/aromatic N) is 4. The lowest BCUT2D eigenvalue weighted by Crippen LogP contribution is -1.89. The van der Waals surface area contributed by atoms with Crippen LogP contribution in [0.2, 0.25) is 0 Å². The molecule has 4 aromatic rings. The monoisotopic (exact) mass is 287 g/mol. The van der Waals surface area contributed by atoms with Gasteiger partial charge >= 0.3 is 0 Å². The predicted molar refractivity (Wildman–Crippen MR) is 85.1 cm³/mol. The smallest absolute Gasteiger partial charge is 0.139 e. The van der Waals surface area contributed by atoms with Gasteiger partial charge in [0.05, 0.1) is 11.2 Å². The van der Waals surface area contributed by atoms with Crippen molar-refractivity contribution in [1.29, 1.82) is 0 Å². The lowest BCUT2D eigenvalue weighted by molar-refractivity contribution is 0.942. The molecule has 4 rings (SSSR count). The van der Waals surface area contributed by atoms with Crippen LogP contribution in [0.25, 0.3) is 33.5 Å². The van der Waals surface area contributed by atoms with E-state index in [0.717, 1.165) is 39.2 Å². The molecule has 0 saturated carbocycles. The molecule has 0 saturated heterocycles. The lowest BCUT2D eigenvalue weighted by Gasteiger charge is -2.03. The van der Waals surface area contributed by atoms with E-state index in [4.69, 9.17) is 0 Å². The molecule has 106 valence electrons. The van der Waals surface area contributed by atoms with E-state index in [0.29, 0.717) is 0 Å². The van der Waals surface area contributed by atoms with E-state index < -0.39 is 0 Å². The van der Waals surface area contributed by atoms with Crippen molar-refractivity contribution in [1.82, 2.24) is 25.4 Å². The molecular formula is C17H13N5. The van der Waals surface area contributed by atoms with E-state index in [-0.39, 0.29) is 0 Å². The molecule has 0 fully saturated rings. The Hall–Kier alpha value is -3.08. The molecule has 1 N–H and O–H groups in total. The fraction of sp³-hybridized carbons (Fsp3) is 0.0588. The third kappa shape index (κ3) is 2.13. The lowest BCUT2D eigenvalue weighted by atomic mass is 10.1. The highest BCUT2D eigenvalue weighted by Gasteiger charge is 2.14. The van der Waals surface area contributed by atoms with Gasteiger partial charge in [0.15, 0.2) is 0 Å². The number of hydrogen-bond donors (Lipinski definition) is 1. The van der Waals surface area contributed by atoms with Crippen LogP contribution >= 0.6 is 0 Å². The number of hydrogen-bond acceptors (Lipinski definition) is 4. The SMILES string of the molecule is Cc1cccc(-c2n[nH]nc2-c2ccc3ncccc3c2)n1. The van der Waals surface area contributed by atoms with Crippen LogP contribution in [0.5, 0.6) is 0 Å². The number of H-pyrrole nitrogens is 1. The molecule has 5 nitrogen and oxygen atoms in total. The molecule has 0 spiro atoms. The minimum absolute atomic E-state index is 0.756. The summed E-state index contributed by atoms with van der Waals surface area (Å²) in [6.07, 6.45) is 1.79. The van der Waals surface area contributed by atoms with Crippen LogP contribution in [0.3, 0.4) is 0 Å². The molecule has 5 heteroatoms. The van der Waals surface area contributed by atoms with Crippen molar-refractivity contribution in [3.8, 4) is 22.6 Å². The van der Waals surface area contributed by atoms with Gasteiger partial charge in [0.1, 0.15) is 11.4 Å². The summed E-state index contributed by atoms with van der Waals surface area (Å²) in [5.41, 5.74) is 5.28. The van der Waals surface area contributed by atoms with Crippen LogP contribution in [0.15, 0.2) is 54.7 Å². The van der Waals surface area contributed by atoms with Crippen molar-refractivity contribution in [2.45, 2.75) is 6.92 Å². The highest BCUT2D eigenvalue weighted by Crippen LogP contribution is 2.28. The topological polar surface area (TPSA) is 67.3 Å². The zero-order chi connectivity index (χ0) is 14.9. The van der Waals surface area contributed by atoms with Crippen LogP contribution in [0, 0.1) is 6.92 Å². The van der Waals surface area contributed by atoms with Crippen LogP contribution in [0.1, 0.15) is 5.69 Å². The van der Waals surface area contributed by atoms with Crippen molar-refractivity contribution in [3.05, 3.63) is 60.4 Å². The highest BCUT2D eigenvalue weighted by atomic mass is 15.3. The molecule has 1 aromatic carbocycles.